The number of phenols is 1. The number of carbonyl (C=O) groups excluding carboxylic acids is 1. The highest BCUT2D eigenvalue weighted by Crippen LogP contribution is 2.24. The largest absolute Gasteiger partial charge is 0.506 e. The van der Waals surface area contributed by atoms with Gasteiger partial charge in [0.05, 0.1) is 5.69 Å². The maximum atomic E-state index is 11.9. The molecule has 2 aromatic carbocycles. The van der Waals surface area contributed by atoms with Crippen molar-refractivity contribution in [3.8, 4) is 5.75 Å². The van der Waals surface area contributed by atoms with Gasteiger partial charge in [-0.25, -0.2) is 4.79 Å². The molecule has 0 unspecified atom stereocenters. The third kappa shape index (κ3) is 3.89. The van der Waals surface area contributed by atoms with Gasteiger partial charge in [-0.1, -0.05) is 6.07 Å². The van der Waals surface area contributed by atoms with Crippen LogP contribution in [0, 0.1) is 6.92 Å². The van der Waals surface area contributed by atoms with Crippen LogP contribution in [0.2, 0.25) is 0 Å². The van der Waals surface area contributed by atoms with Crippen molar-refractivity contribution < 1.29 is 9.90 Å². The fraction of sp³-hybridized carbons (Fsp3) is 0.188. The molecular formula is C16H19N3O2. The van der Waals surface area contributed by atoms with Gasteiger partial charge in [0.15, 0.2) is 0 Å². The number of hydrogen-bond donors (Lipinski definition) is 3. The molecule has 2 aromatic rings. The summed E-state index contributed by atoms with van der Waals surface area (Å²) in [7, 11) is 3.91. The molecule has 3 N–H and O–H groups in total. The Labute approximate surface area is 124 Å². The highest BCUT2D eigenvalue weighted by Gasteiger charge is 2.06. The summed E-state index contributed by atoms with van der Waals surface area (Å²) in [6, 6.07) is 12.2. The van der Waals surface area contributed by atoms with Crippen LogP contribution in [0.5, 0.6) is 5.75 Å². The Kier molecular flexibility index (Phi) is 4.33. The fourth-order valence-corrected chi connectivity index (χ4v) is 1.87. The first-order chi connectivity index (χ1) is 9.95. The highest BCUT2D eigenvalue weighted by molar-refractivity contribution is 6.00. The molecule has 21 heavy (non-hydrogen) atoms. The second kappa shape index (κ2) is 6.17. The van der Waals surface area contributed by atoms with Crippen molar-refractivity contribution in [1.82, 2.24) is 0 Å². The van der Waals surface area contributed by atoms with Crippen molar-refractivity contribution in [3.63, 3.8) is 0 Å². The van der Waals surface area contributed by atoms with Gasteiger partial charge in [-0.05, 0) is 48.9 Å². The molecule has 0 atom stereocenters. The maximum absolute atomic E-state index is 11.9. The number of carbonyl (C=O) groups is 1. The van der Waals surface area contributed by atoms with Gasteiger partial charge in [-0.15, -0.1) is 0 Å². The summed E-state index contributed by atoms with van der Waals surface area (Å²) in [6.07, 6.45) is 0. The lowest BCUT2D eigenvalue weighted by Crippen LogP contribution is -2.19. The fourth-order valence-electron chi connectivity index (χ4n) is 1.87. The molecule has 2 amide bonds. The van der Waals surface area contributed by atoms with Crippen LogP contribution in [-0.2, 0) is 0 Å². The van der Waals surface area contributed by atoms with Crippen molar-refractivity contribution in [2.45, 2.75) is 6.92 Å². The van der Waals surface area contributed by atoms with E-state index in [4.69, 9.17) is 0 Å². The standard InChI is InChI=1S/C16H19N3O2/c1-11-4-9-14(15(20)10-11)18-16(21)17-12-5-7-13(8-6-12)19(2)3/h4-10,20H,1-3H3,(H2,17,18,21). The monoisotopic (exact) mass is 285 g/mol. The summed E-state index contributed by atoms with van der Waals surface area (Å²) in [4.78, 5) is 13.9. The van der Waals surface area contributed by atoms with Crippen LogP contribution < -0.4 is 15.5 Å². The van der Waals surface area contributed by atoms with Gasteiger partial charge in [-0.3, -0.25) is 0 Å². The van der Waals surface area contributed by atoms with Crippen molar-refractivity contribution in [3.05, 3.63) is 48.0 Å². The second-order valence-corrected chi connectivity index (χ2v) is 5.04. The molecule has 0 radical (unpaired) electrons. The molecular weight excluding hydrogens is 266 g/mol. The van der Waals surface area contributed by atoms with Crippen LogP contribution >= 0.6 is 0 Å². The predicted octanol–water partition coefficient (Wildman–Crippen LogP) is 3.41. The van der Waals surface area contributed by atoms with E-state index in [1.54, 1.807) is 12.1 Å². The Morgan fingerprint density at radius 1 is 1.05 bits per heavy atom. The number of urea groups is 1. The van der Waals surface area contributed by atoms with E-state index in [0.717, 1.165) is 11.3 Å². The topological polar surface area (TPSA) is 64.6 Å². The van der Waals surface area contributed by atoms with E-state index in [9.17, 15) is 9.90 Å². The molecule has 0 aliphatic rings. The van der Waals surface area contributed by atoms with Crippen molar-refractivity contribution >= 4 is 23.1 Å². The number of nitrogens with zero attached hydrogens (tertiary/aromatic N) is 1. The lowest BCUT2D eigenvalue weighted by molar-refractivity contribution is 0.262. The normalized spacial score (nSPS) is 10.0. The molecule has 2 rings (SSSR count). The minimum absolute atomic E-state index is 0.0492. The SMILES string of the molecule is Cc1ccc(NC(=O)Nc2ccc(N(C)C)cc2)c(O)c1. The van der Waals surface area contributed by atoms with Crippen LogP contribution in [0.25, 0.3) is 0 Å². The first-order valence-electron chi connectivity index (χ1n) is 6.61. The molecule has 0 aliphatic heterocycles. The summed E-state index contributed by atoms with van der Waals surface area (Å²) in [6.45, 7) is 1.87. The van der Waals surface area contributed by atoms with Crippen LogP contribution in [0.3, 0.4) is 0 Å². The Morgan fingerprint density at radius 2 is 1.71 bits per heavy atom. The van der Waals surface area contributed by atoms with Gasteiger partial charge in [0.2, 0.25) is 0 Å². The number of anilines is 3. The highest BCUT2D eigenvalue weighted by atomic mass is 16.3. The molecule has 0 aliphatic carbocycles. The maximum Gasteiger partial charge on any atom is 0.323 e. The third-order valence-electron chi connectivity index (χ3n) is 3.04. The van der Waals surface area contributed by atoms with Gasteiger partial charge in [0, 0.05) is 25.5 Å². The molecule has 0 heterocycles. The number of hydrogen-bond acceptors (Lipinski definition) is 3. The number of benzene rings is 2. The zero-order chi connectivity index (χ0) is 15.4. The predicted molar refractivity (Wildman–Crippen MR) is 86.3 cm³/mol. The Bertz CT molecular complexity index is 636. The molecule has 0 saturated carbocycles. The van der Waals surface area contributed by atoms with E-state index in [-0.39, 0.29) is 5.75 Å². The molecule has 5 nitrogen and oxygen atoms in total. The van der Waals surface area contributed by atoms with Gasteiger partial charge >= 0.3 is 6.03 Å². The van der Waals surface area contributed by atoms with Gasteiger partial charge in [-0.2, -0.15) is 0 Å². The van der Waals surface area contributed by atoms with Crippen molar-refractivity contribution in [1.29, 1.82) is 0 Å². The zero-order valence-electron chi connectivity index (χ0n) is 12.3. The lowest BCUT2D eigenvalue weighted by atomic mass is 10.2. The van der Waals surface area contributed by atoms with Crippen LogP contribution in [0.4, 0.5) is 21.9 Å². The van der Waals surface area contributed by atoms with E-state index in [1.165, 1.54) is 0 Å². The van der Waals surface area contributed by atoms with Gasteiger partial charge in [0.1, 0.15) is 5.75 Å². The van der Waals surface area contributed by atoms with Gasteiger partial charge < -0.3 is 20.6 Å². The van der Waals surface area contributed by atoms with Crippen molar-refractivity contribution in [2.24, 2.45) is 0 Å². The molecule has 110 valence electrons. The molecule has 0 bridgehead atoms. The third-order valence-corrected chi connectivity index (χ3v) is 3.04. The van der Waals surface area contributed by atoms with Crippen LogP contribution in [-0.4, -0.2) is 25.2 Å². The summed E-state index contributed by atoms with van der Waals surface area (Å²) in [5.41, 5.74) is 3.04. The number of phenolic OH excluding ortho intramolecular Hbond substituents is 1. The van der Waals surface area contributed by atoms with E-state index in [2.05, 4.69) is 10.6 Å². The summed E-state index contributed by atoms with van der Waals surface area (Å²) in [5, 5.41) is 15.1. The quantitative estimate of drug-likeness (QED) is 0.757. The molecule has 0 saturated heterocycles. The summed E-state index contributed by atoms with van der Waals surface area (Å²) in [5.74, 6) is 0.0492. The average molecular weight is 285 g/mol. The second-order valence-electron chi connectivity index (χ2n) is 5.04. The lowest BCUT2D eigenvalue weighted by Gasteiger charge is -2.13. The van der Waals surface area contributed by atoms with E-state index in [0.29, 0.717) is 11.4 Å². The summed E-state index contributed by atoms with van der Waals surface area (Å²) < 4.78 is 0. The van der Waals surface area contributed by atoms with Crippen LogP contribution in [0.15, 0.2) is 42.5 Å². The Hall–Kier alpha value is -2.69. The average Bonchev–Trinajstić information content (AvgIpc) is 2.42. The Morgan fingerprint density at radius 3 is 2.29 bits per heavy atom. The molecule has 0 spiro atoms. The molecule has 5 heteroatoms. The molecule has 0 aromatic heterocycles. The number of nitrogens with one attached hydrogen (secondary N) is 2. The number of rotatable bonds is 3. The Balaban J connectivity index is 2.01. The van der Waals surface area contributed by atoms with E-state index >= 15 is 0 Å². The van der Waals surface area contributed by atoms with Gasteiger partial charge in [0.25, 0.3) is 0 Å². The number of aromatic hydroxyl groups is 1. The smallest absolute Gasteiger partial charge is 0.323 e. The number of aryl methyl sites for hydroxylation is 1. The summed E-state index contributed by atoms with van der Waals surface area (Å²) >= 11 is 0. The van der Waals surface area contributed by atoms with E-state index in [1.807, 2.05) is 56.3 Å². The number of amides is 2. The van der Waals surface area contributed by atoms with Crippen molar-refractivity contribution in [2.75, 3.05) is 29.6 Å². The zero-order valence-corrected chi connectivity index (χ0v) is 12.3. The minimum atomic E-state index is -0.397. The molecule has 0 fully saturated rings. The minimum Gasteiger partial charge on any atom is -0.506 e. The first kappa shape index (κ1) is 14.7. The van der Waals surface area contributed by atoms with E-state index < -0.39 is 6.03 Å². The van der Waals surface area contributed by atoms with Crippen LogP contribution in [0.1, 0.15) is 5.56 Å². The first-order valence-corrected chi connectivity index (χ1v) is 6.61.